The molecule has 0 spiro atoms. The van der Waals surface area contributed by atoms with Crippen molar-refractivity contribution in [2.75, 3.05) is 0 Å². The molecule has 0 atom stereocenters. The summed E-state index contributed by atoms with van der Waals surface area (Å²) in [6.45, 7) is 9.15. The lowest BCUT2D eigenvalue weighted by Gasteiger charge is -1.99. The number of hydrogen-bond acceptors (Lipinski definition) is 0. The van der Waals surface area contributed by atoms with Crippen molar-refractivity contribution in [3.63, 3.8) is 0 Å². The van der Waals surface area contributed by atoms with E-state index >= 15 is 0 Å². The van der Waals surface area contributed by atoms with Crippen molar-refractivity contribution in [2.24, 2.45) is 0 Å². The summed E-state index contributed by atoms with van der Waals surface area (Å²) in [5.74, 6) is 0. The highest BCUT2D eigenvalue weighted by Gasteiger charge is 2.03. The molecule has 20 heavy (non-hydrogen) atoms. The van der Waals surface area contributed by atoms with Crippen molar-refractivity contribution in [3.8, 4) is 11.1 Å². The zero-order chi connectivity index (χ0) is 12.8. The highest BCUT2D eigenvalue weighted by Crippen LogP contribution is 2.15. The van der Waals surface area contributed by atoms with E-state index in [-0.39, 0.29) is 24.8 Å². The summed E-state index contributed by atoms with van der Waals surface area (Å²) >= 11 is 0. The molecule has 0 fully saturated rings. The first-order valence-corrected chi connectivity index (χ1v) is 6.04. The normalized spacial score (nSPS) is 9.00. The van der Waals surface area contributed by atoms with Gasteiger partial charge in [0.2, 0.25) is 0 Å². The van der Waals surface area contributed by atoms with E-state index in [9.17, 15) is 0 Å². The molecule has 0 N–H and O–H groups in total. The Balaban J connectivity index is 0.00000180. The van der Waals surface area contributed by atoms with E-state index < -0.39 is 0 Å². The molecule has 106 valence electrons. The van der Waals surface area contributed by atoms with Crippen molar-refractivity contribution in [1.82, 2.24) is 0 Å². The van der Waals surface area contributed by atoms with E-state index in [0.29, 0.717) is 0 Å². The Kier molecular flexibility index (Phi) is 8.53. The third-order valence-electron chi connectivity index (χ3n) is 2.80. The Morgan fingerprint density at radius 3 is 1.25 bits per heavy atom. The van der Waals surface area contributed by atoms with Crippen LogP contribution >= 0.6 is 0 Å². The van der Waals surface area contributed by atoms with Crippen molar-refractivity contribution in [2.45, 2.75) is 13.1 Å². The standard InChI is InChI=1S/C16H18N2.2ClH/c1-3-9-17-11-5-15(6-12-17)16-7-13-18(10-4-2)14-8-16;;/h3-8,11-14H,1-2,9-10H2;2*1H/q+2;;/p-2. The Labute approximate surface area is 132 Å². The van der Waals surface area contributed by atoms with Gasteiger partial charge in [0.05, 0.1) is 0 Å². The SMILES string of the molecule is C=CC[n+]1ccc(-c2cc[n+](CC=C)cc2)cc1.[Cl-].[Cl-]. The molecule has 0 aliphatic rings. The molecule has 2 heterocycles. The van der Waals surface area contributed by atoms with Crippen LogP contribution in [0.5, 0.6) is 0 Å². The van der Waals surface area contributed by atoms with Gasteiger partial charge in [0.25, 0.3) is 0 Å². The number of pyridine rings is 2. The largest absolute Gasteiger partial charge is 1.00 e. The zero-order valence-corrected chi connectivity index (χ0v) is 12.8. The number of aromatic nitrogens is 2. The van der Waals surface area contributed by atoms with Crippen LogP contribution in [-0.4, -0.2) is 0 Å². The molecule has 2 nitrogen and oxygen atoms in total. The van der Waals surface area contributed by atoms with Crippen molar-refractivity contribution in [1.29, 1.82) is 0 Å². The van der Waals surface area contributed by atoms with Crippen molar-refractivity contribution in [3.05, 3.63) is 74.4 Å². The summed E-state index contributed by atoms with van der Waals surface area (Å²) in [7, 11) is 0. The first-order chi connectivity index (χ1) is 8.83. The van der Waals surface area contributed by atoms with E-state index in [2.05, 4.69) is 71.3 Å². The van der Waals surface area contributed by atoms with Crippen LogP contribution in [0.25, 0.3) is 11.1 Å². The molecular formula is C16H18Cl2N2. The highest BCUT2D eigenvalue weighted by molar-refractivity contribution is 5.60. The Hall–Kier alpha value is -1.64. The fraction of sp³-hybridized carbons (Fsp3) is 0.125. The van der Waals surface area contributed by atoms with Crippen molar-refractivity contribution >= 4 is 0 Å². The van der Waals surface area contributed by atoms with Crippen molar-refractivity contribution < 1.29 is 33.9 Å². The second-order valence-corrected chi connectivity index (χ2v) is 4.14. The minimum absolute atomic E-state index is 0. The molecule has 0 unspecified atom stereocenters. The predicted molar refractivity (Wildman–Crippen MR) is 72.7 cm³/mol. The Morgan fingerprint density at radius 1 is 0.700 bits per heavy atom. The maximum absolute atomic E-state index is 3.73. The van der Waals surface area contributed by atoms with Crippen LogP contribution in [0.1, 0.15) is 0 Å². The van der Waals surface area contributed by atoms with Gasteiger partial charge in [0, 0.05) is 24.3 Å². The highest BCUT2D eigenvalue weighted by atomic mass is 35.5. The Morgan fingerprint density at radius 2 is 1.00 bits per heavy atom. The number of rotatable bonds is 5. The molecule has 2 aromatic heterocycles. The third kappa shape index (κ3) is 4.80. The Bertz CT molecular complexity index is 482. The topological polar surface area (TPSA) is 7.76 Å². The quantitative estimate of drug-likeness (QED) is 0.397. The lowest BCUT2D eigenvalue weighted by molar-refractivity contribution is -0.687. The van der Waals surface area contributed by atoms with Gasteiger partial charge < -0.3 is 24.8 Å². The van der Waals surface area contributed by atoms with E-state index in [4.69, 9.17) is 0 Å². The maximum Gasteiger partial charge on any atom is 0.169 e. The molecule has 2 aromatic rings. The molecule has 0 saturated heterocycles. The van der Waals surface area contributed by atoms with Crippen LogP contribution in [0.4, 0.5) is 0 Å². The number of nitrogens with zero attached hydrogens (tertiary/aromatic N) is 2. The summed E-state index contributed by atoms with van der Waals surface area (Å²) in [6.07, 6.45) is 12.1. The van der Waals surface area contributed by atoms with Gasteiger partial charge in [-0.25, -0.2) is 9.13 Å². The average Bonchev–Trinajstić information content (AvgIpc) is 2.41. The molecule has 2 rings (SSSR count). The number of hydrogen-bond donors (Lipinski definition) is 0. The van der Waals surface area contributed by atoms with Gasteiger partial charge in [-0.2, -0.15) is 0 Å². The molecule has 0 amide bonds. The van der Waals surface area contributed by atoms with Gasteiger partial charge in [-0.05, 0) is 23.3 Å². The van der Waals surface area contributed by atoms with Gasteiger partial charge in [-0.15, -0.1) is 0 Å². The third-order valence-corrected chi connectivity index (χ3v) is 2.80. The van der Waals surface area contributed by atoms with Crippen LogP contribution in [0.3, 0.4) is 0 Å². The van der Waals surface area contributed by atoms with Gasteiger partial charge in [0.15, 0.2) is 37.9 Å². The van der Waals surface area contributed by atoms with E-state index in [1.807, 2.05) is 12.2 Å². The maximum atomic E-state index is 3.73. The van der Waals surface area contributed by atoms with Gasteiger partial charge in [0.1, 0.15) is 0 Å². The zero-order valence-electron chi connectivity index (χ0n) is 11.3. The van der Waals surface area contributed by atoms with E-state index in [1.165, 1.54) is 11.1 Å². The van der Waals surface area contributed by atoms with E-state index in [0.717, 1.165) is 13.1 Å². The fourth-order valence-electron chi connectivity index (χ4n) is 1.84. The predicted octanol–water partition coefficient (Wildman–Crippen LogP) is -3.69. The van der Waals surface area contributed by atoms with Crippen LogP contribution in [0, 0.1) is 0 Å². The van der Waals surface area contributed by atoms with Crippen LogP contribution in [0.15, 0.2) is 74.4 Å². The van der Waals surface area contributed by atoms with Gasteiger partial charge in [-0.3, -0.25) is 0 Å². The van der Waals surface area contributed by atoms with Crippen LogP contribution in [0.2, 0.25) is 0 Å². The van der Waals surface area contributed by atoms with Gasteiger partial charge >= 0.3 is 0 Å². The second kappa shape index (κ2) is 9.29. The second-order valence-electron chi connectivity index (χ2n) is 4.14. The summed E-state index contributed by atoms with van der Waals surface area (Å²) < 4.78 is 4.19. The smallest absolute Gasteiger partial charge is 0.169 e. The van der Waals surface area contributed by atoms with Crippen LogP contribution < -0.4 is 33.9 Å². The minimum atomic E-state index is 0. The molecular weight excluding hydrogens is 291 g/mol. The minimum Gasteiger partial charge on any atom is -1.00 e. The summed E-state index contributed by atoms with van der Waals surface area (Å²) in [6, 6.07) is 8.49. The number of halogens is 2. The van der Waals surface area contributed by atoms with Crippen LogP contribution in [-0.2, 0) is 13.1 Å². The van der Waals surface area contributed by atoms with E-state index in [1.54, 1.807) is 0 Å². The molecule has 4 heteroatoms. The molecule has 0 aliphatic carbocycles. The molecule has 0 aromatic carbocycles. The lowest BCUT2D eigenvalue weighted by atomic mass is 10.1. The van der Waals surface area contributed by atoms with Gasteiger partial charge in [-0.1, -0.05) is 13.2 Å². The molecule has 0 radical (unpaired) electrons. The summed E-state index contributed by atoms with van der Waals surface area (Å²) in [5.41, 5.74) is 2.45. The lowest BCUT2D eigenvalue weighted by Crippen LogP contribution is -3.00. The average molecular weight is 309 g/mol. The first kappa shape index (κ1) is 18.4. The molecule has 0 aliphatic heterocycles. The monoisotopic (exact) mass is 308 g/mol. The summed E-state index contributed by atoms with van der Waals surface area (Å²) in [4.78, 5) is 0. The molecule has 0 saturated carbocycles. The first-order valence-electron chi connectivity index (χ1n) is 6.04. The summed E-state index contributed by atoms with van der Waals surface area (Å²) in [5, 5.41) is 0. The number of allylic oxidation sites excluding steroid dienone is 2. The fourth-order valence-corrected chi connectivity index (χ4v) is 1.84. The molecule has 0 bridgehead atoms.